The van der Waals surface area contributed by atoms with Crippen molar-refractivity contribution in [1.82, 2.24) is 9.97 Å². The summed E-state index contributed by atoms with van der Waals surface area (Å²) in [5, 5.41) is 2.61. The molecule has 0 spiro atoms. The van der Waals surface area contributed by atoms with Crippen molar-refractivity contribution in [3.63, 3.8) is 0 Å². The maximum atomic E-state index is 13.2. The molecule has 0 bridgehead atoms. The Hall–Kier alpha value is -3.42. The summed E-state index contributed by atoms with van der Waals surface area (Å²) in [5.74, 6) is -0.0987. The number of rotatable bonds is 4. The molecule has 0 saturated carbocycles. The standard InChI is InChI=1S/C22H19F3N4O/c23-22(24,25)17-8-9-19(29-10-4-5-11-29)18(12-17)28-21(30)16-13-26-20(27-14-16)15-6-2-1-3-7-15/h1-3,6-9,12-14H,4-5,10-11H2,(H,28,30). The van der Waals surface area contributed by atoms with Gasteiger partial charge in [0.25, 0.3) is 5.91 Å². The van der Waals surface area contributed by atoms with Crippen LogP contribution in [0.5, 0.6) is 0 Å². The van der Waals surface area contributed by atoms with Crippen LogP contribution in [0.4, 0.5) is 24.5 Å². The Kier molecular flexibility index (Phi) is 5.39. The summed E-state index contributed by atoms with van der Waals surface area (Å²) >= 11 is 0. The molecule has 1 N–H and O–H groups in total. The number of benzene rings is 2. The highest BCUT2D eigenvalue weighted by Crippen LogP contribution is 2.36. The Morgan fingerprint density at radius 1 is 0.967 bits per heavy atom. The van der Waals surface area contributed by atoms with Gasteiger partial charge in [0.1, 0.15) is 0 Å². The fourth-order valence-electron chi connectivity index (χ4n) is 3.42. The van der Waals surface area contributed by atoms with E-state index in [-0.39, 0.29) is 11.3 Å². The van der Waals surface area contributed by atoms with Gasteiger partial charge in [-0.2, -0.15) is 13.2 Å². The zero-order valence-corrected chi connectivity index (χ0v) is 16.0. The zero-order valence-electron chi connectivity index (χ0n) is 16.0. The quantitative estimate of drug-likeness (QED) is 0.654. The third kappa shape index (κ3) is 4.27. The molecule has 2 aromatic carbocycles. The first-order chi connectivity index (χ1) is 14.4. The highest BCUT2D eigenvalue weighted by atomic mass is 19.4. The molecule has 1 amide bonds. The number of aromatic nitrogens is 2. The van der Waals surface area contributed by atoms with Crippen LogP contribution in [-0.2, 0) is 6.18 Å². The SMILES string of the molecule is O=C(Nc1cc(C(F)(F)F)ccc1N1CCCC1)c1cnc(-c2ccccc2)nc1. The summed E-state index contributed by atoms with van der Waals surface area (Å²) in [7, 11) is 0. The number of halogens is 3. The van der Waals surface area contributed by atoms with E-state index in [9.17, 15) is 18.0 Å². The van der Waals surface area contributed by atoms with Gasteiger partial charge in [-0.15, -0.1) is 0 Å². The minimum Gasteiger partial charge on any atom is -0.370 e. The number of carbonyl (C=O) groups excluding carboxylic acids is 1. The van der Waals surface area contributed by atoms with Crippen molar-refractivity contribution in [2.45, 2.75) is 19.0 Å². The predicted molar refractivity (Wildman–Crippen MR) is 108 cm³/mol. The Bertz CT molecular complexity index is 1030. The zero-order chi connectivity index (χ0) is 21.1. The van der Waals surface area contributed by atoms with E-state index in [1.165, 1.54) is 18.5 Å². The Morgan fingerprint density at radius 2 is 1.63 bits per heavy atom. The van der Waals surface area contributed by atoms with E-state index in [0.717, 1.165) is 43.6 Å². The first kappa shape index (κ1) is 19.9. The number of nitrogens with one attached hydrogen (secondary N) is 1. The van der Waals surface area contributed by atoms with Crippen molar-refractivity contribution in [3.05, 3.63) is 72.1 Å². The first-order valence-corrected chi connectivity index (χ1v) is 9.57. The first-order valence-electron chi connectivity index (χ1n) is 9.57. The van der Waals surface area contributed by atoms with Gasteiger partial charge in [-0.1, -0.05) is 30.3 Å². The summed E-state index contributed by atoms with van der Waals surface area (Å²) in [6, 6.07) is 12.7. The average Bonchev–Trinajstić information content (AvgIpc) is 3.28. The van der Waals surface area contributed by atoms with Crippen LogP contribution in [0.2, 0.25) is 0 Å². The van der Waals surface area contributed by atoms with Gasteiger partial charge in [-0.25, -0.2) is 9.97 Å². The number of amides is 1. The van der Waals surface area contributed by atoms with Gasteiger partial charge in [0.15, 0.2) is 5.82 Å². The maximum absolute atomic E-state index is 13.2. The molecule has 30 heavy (non-hydrogen) atoms. The second kappa shape index (κ2) is 8.14. The van der Waals surface area contributed by atoms with E-state index in [0.29, 0.717) is 11.5 Å². The fraction of sp³-hybridized carbons (Fsp3) is 0.227. The number of nitrogens with zero attached hydrogens (tertiary/aromatic N) is 3. The molecule has 4 rings (SSSR count). The lowest BCUT2D eigenvalue weighted by molar-refractivity contribution is -0.137. The molecule has 1 saturated heterocycles. The normalized spacial score (nSPS) is 14.0. The lowest BCUT2D eigenvalue weighted by Gasteiger charge is -2.23. The summed E-state index contributed by atoms with van der Waals surface area (Å²) < 4.78 is 39.6. The molecule has 0 radical (unpaired) electrons. The van der Waals surface area contributed by atoms with Gasteiger partial charge in [-0.05, 0) is 31.0 Å². The molecule has 154 valence electrons. The summed E-state index contributed by atoms with van der Waals surface area (Å²) in [4.78, 5) is 23.1. The third-order valence-corrected chi connectivity index (χ3v) is 4.96. The molecule has 0 atom stereocenters. The lowest BCUT2D eigenvalue weighted by atomic mass is 10.1. The molecular weight excluding hydrogens is 393 g/mol. The molecule has 8 heteroatoms. The minimum absolute atomic E-state index is 0.129. The number of hydrogen-bond donors (Lipinski definition) is 1. The van der Waals surface area contributed by atoms with Crippen LogP contribution in [0.1, 0.15) is 28.8 Å². The van der Waals surface area contributed by atoms with E-state index in [1.807, 2.05) is 35.2 Å². The van der Waals surface area contributed by atoms with Crippen LogP contribution < -0.4 is 10.2 Å². The molecule has 0 aliphatic carbocycles. The van der Waals surface area contributed by atoms with Crippen LogP contribution in [0, 0.1) is 0 Å². The number of hydrogen-bond acceptors (Lipinski definition) is 4. The van der Waals surface area contributed by atoms with Crippen molar-refractivity contribution in [2.75, 3.05) is 23.3 Å². The highest BCUT2D eigenvalue weighted by molar-refractivity contribution is 6.05. The molecule has 5 nitrogen and oxygen atoms in total. The number of carbonyl (C=O) groups is 1. The number of alkyl halides is 3. The third-order valence-electron chi connectivity index (χ3n) is 4.96. The largest absolute Gasteiger partial charge is 0.416 e. The van der Waals surface area contributed by atoms with Crippen molar-refractivity contribution in [2.24, 2.45) is 0 Å². The van der Waals surface area contributed by atoms with Crippen LogP contribution in [0.25, 0.3) is 11.4 Å². The Labute approximate surface area is 171 Å². The van der Waals surface area contributed by atoms with E-state index in [4.69, 9.17) is 0 Å². The van der Waals surface area contributed by atoms with Gasteiger partial charge in [0.2, 0.25) is 0 Å². The van der Waals surface area contributed by atoms with Crippen LogP contribution in [0.3, 0.4) is 0 Å². The monoisotopic (exact) mass is 412 g/mol. The maximum Gasteiger partial charge on any atom is 0.416 e. The predicted octanol–water partition coefficient (Wildman–Crippen LogP) is 5.01. The van der Waals surface area contributed by atoms with E-state index in [1.54, 1.807) is 0 Å². The van der Waals surface area contributed by atoms with Gasteiger partial charge in [-0.3, -0.25) is 4.79 Å². The number of anilines is 2. The van der Waals surface area contributed by atoms with Crippen LogP contribution >= 0.6 is 0 Å². The molecule has 1 fully saturated rings. The lowest BCUT2D eigenvalue weighted by Crippen LogP contribution is -2.22. The molecule has 0 unspecified atom stereocenters. The molecular formula is C22H19F3N4O. The highest BCUT2D eigenvalue weighted by Gasteiger charge is 2.32. The van der Waals surface area contributed by atoms with Gasteiger partial charge >= 0.3 is 6.18 Å². The van der Waals surface area contributed by atoms with Crippen LogP contribution in [-0.4, -0.2) is 29.0 Å². The average molecular weight is 412 g/mol. The van der Waals surface area contributed by atoms with Gasteiger partial charge in [0, 0.05) is 31.0 Å². The van der Waals surface area contributed by atoms with E-state index < -0.39 is 17.6 Å². The van der Waals surface area contributed by atoms with Crippen molar-refractivity contribution < 1.29 is 18.0 Å². The summed E-state index contributed by atoms with van der Waals surface area (Å²) in [6.45, 7) is 1.48. The summed E-state index contributed by atoms with van der Waals surface area (Å²) in [5.41, 5.74) is 0.870. The van der Waals surface area contributed by atoms with E-state index >= 15 is 0 Å². The fourth-order valence-corrected chi connectivity index (χ4v) is 3.42. The Morgan fingerprint density at radius 3 is 2.27 bits per heavy atom. The van der Waals surface area contributed by atoms with Crippen LogP contribution in [0.15, 0.2) is 60.9 Å². The van der Waals surface area contributed by atoms with Crippen molar-refractivity contribution in [1.29, 1.82) is 0 Å². The second-order valence-electron chi connectivity index (χ2n) is 7.04. The molecule has 1 aliphatic rings. The topological polar surface area (TPSA) is 58.1 Å². The molecule has 1 aliphatic heterocycles. The Balaban J connectivity index is 1.60. The summed E-state index contributed by atoms with van der Waals surface area (Å²) in [6.07, 6.45) is 0.164. The molecule has 1 aromatic heterocycles. The van der Waals surface area contributed by atoms with Gasteiger partial charge < -0.3 is 10.2 Å². The smallest absolute Gasteiger partial charge is 0.370 e. The van der Waals surface area contributed by atoms with Crippen molar-refractivity contribution in [3.8, 4) is 11.4 Å². The van der Waals surface area contributed by atoms with Gasteiger partial charge in [0.05, 0.1) is 22.5 Å². The van der Waals surface area contributed by atoms with Crippen molar-refractivity contribution >= 4 is 17.3 Å². The molecule has 3 aromatic rings. The molecule has 2 heterocycles. The second-order valence-corrected chi connectivity index (χ2v) is 7.04. The minimum atomic E-state index is -4.50. The van der Waals surface area contributed by atoms with E-state index in [2.05, 4.69) is 15.3 Å².